The number of fused-ring (bicyclic) bond motifs is 1. The molecule has 2 N–H and O–H groups in total. The minimum atomic E-state index is 0.315. The van der Waals surface area contributed by atoms with Crippen molar-refractivity contribution in [2.75, 3.05) is 44.8 Å². The molecule has 2 unspecified atom stereocenters. The molecule has 0 amide bonds. The highest BCUT2D eigenvalue weighted by molar-refractivity contribution is 5.58. The lowest BCUT2D eigenvalue weighted by molar-refractivity contribution is -0.0291. The molecule has 2 atom stereocenters. The van der Waals surface area contributed by atoms with Crippen molar-refractivity contribution >= 4 is 5.69 Å². The van der Waals surface area contributed by atoms with Gasteiger partial charge in [-0.05, 0) is 30.0 Å². The lowest BCUT2D eigenvalue weighted by Crippen LogP contribution is -2.48. The maximum Gasteiger partial charge on any atom is 0.0622 e. The van der Waals surface area contributed by atoms with Crippen LogP contribution < -0.4 is 10.6 Å². The maximum atomic E-state index is 6.13. The third kappa shape index (κ3) is 2.80. The number of hydrogen-bond acceptors (Lipinski definition) is 4. The van der Waals surface area contributed by atoms with Gasteiger partial charge in [-0.25, -0.2) is 0 Å². The van der Waals surface area contributed by atoms with Crippen LogP contribution in [0.25, 0.3) is 0 Å². The minimum Gasteiger partial charge on any atom is -0.378 e. The zero-order valence-corrected chi connectivity index (χ0v) is 13.2. The fraction of sp³-hybridized carbons (Fsp3) is 0.647. The monoisotopic (exact) mass is 289 g/mol. The Kier molecular flexibility index (Phi) is 4.48. The van der Waals surface area contributed by atoms with Crippen molar-refractivity contribution in [3.8, 4) is 0 Å². The van der Waals surface area contributed by atoms with Gasteiger partial charge in [0.05, 0.1) is 13.2 Å². The van der Waals surface area contributed by atoms with Gasteiger partial charge in [-0.2, -0.15) is 0 Å². The molecule has 0 saturated carbocycles. The summed E-state index contributed by atoms with van der Waals surface area (Å²) in [6.45, 7) is 6.67. The number of hydrogen-bond donors (Lipinski definition) is 1. The number of nitrogens with two attached hydrogens (primary N) is 1. The number of morpholine rings is 1. The Hall–Kier alpha value is -1.10. The second-order valence-corrected chi connectivity index (χ2v) is 6.19. The zero-order chi connectivity index (χ0) is 14.8. The van der Waals surface area contributed by atoms with Crippen molar-refractivity contribution in [3.05, 3.63) is 29.3 Å². The topological polar surface area (TPSA) is 41.7 Å². The minimum absolute atomic E-state index is 0.315. The molecule has 1 aromatic carbocycles. The lowest BCUT2D eigenvalue weighted by Gasteiger charge is -2.40. The SMILES string of the molecule is CCC1COCCN1C(CN)c1ccc2c(c1)CCN2C. The van der Waals surface area contributed by atoms with E-state index in [0.717, 1.165) is 39.1 Å². The van der Waals surface area contributed by atoms with E-state index in [-0.39, 0.29) is 0 Å². The molecule has 1 aromatic rings. The molecule has 1 saturated heterocycles. The normalized spacial score (nSPS) is 24.1. The highest BCUT2D eigenvalue weighted by Crippen LogP contribution is 2.32. The first-order chi connectivity index (χ1) is 10.2. The molecule has 0 radical (unpaired) electrons. The standard InChI is InChI=1S/C17H27N3O/c1-3-15-12-21-9-8-20(15)17(11-18)13-4-5-16-14(10-13)6-7-19(16)2/h4-5,10,15,17H,3,6-9,11-12,18H2,1-2H3. The Balaban J connectivity index is 1.86. The van der Waals surface area contributed by atoms with Crippen LogP contribution in [0, 0.1) is 0 Å². The Morgan fingerprint density at radius 3 is 3.00 bits per heavy atom. The summed E-state index contributed by atoms with van der Waals surface area (Å²) < 4.78 is 5.63. The van der Waals surface area contributed by atoms with Gasteiger partial charge < -0.3 is 15.4 Å². The maximum absolute atomic E-state index is 6.13. The highest BCUT2D eigenvalue weighted by atomic mass is 16.5. The number of likely N-dealkylation sites (N-methyl/N-ethyl adjacent to an activating group) is 1. The first-order valence-corrected chi connectivity index (χ1v) is 8.12. The average molecular weight is 289 g/mol. The summed E-state index contributed by atoms with van der Waals surface area (Å²) in [5.74, 6) is 0. The second kappa shape index (κ2) is 6.34. The molecule has 0 aromatic heterocycles. The van der Waals surface area contributed by atoms with Crippen molar-refractivity contribution in [1.29, 1.82) is 0 Å². The van der Waals surface area contributed by atoms with Crippen LogP contribution in [0.3, 0.4) is 0 Å². The van der Waals surface area contributed by atoms with Crippen LogP contribution in [0.5, 0.6) is 0 Å². The Labute approximate surface area is 127 Å². The summed E-state index contributed by atoms with van der Waals surface area (Å²) >= 11 is 0. The van der Waals surface area contributed by atoms with Gasteiger partial charge in [0, 0.05) is 44.5 Å². The van der Waals surface area contributed by atoms with Crippen LogP contribution in [-0.4, -0.2) is 50.8 Å². The van der Waals surface area contributed by atoms with Crippen LogP contribution in [0.4, 0.5) is 5.69 Å². The van der Waals surface area contributed by atoms with Gasteiger partial charge in [0.15, 0.2) is 0 Å². The van der Waals surface area contributed by atoms with Crippen LogP contribution in [0.2, 0.25) is 0 Å². The van der Waals surface area contributed by atoms with Gasteiger partial charge in [-0.3, -0.25) is 4.90 Å². The van der Waals surface area contributed by atoms with Crippen LogP contribution >= 0.6 is 0 Å². The molecule has 2 aliphatic rings. The zero-order valence-electron chi connectivity index (χ0n) is 13.2. The van der Waals surface area contributed by atoms with Crippen LogP contribution in [-0.2, 0) is 11.2 Å². The molecule has 116 valence electrons. The van der Waals surface area contributed by atoms with E-state index in [4.69, 9.17) is 10.5 Å². The van der Waals surface area contributed by atoms with E-state index in [0.29, 0.717) is 18.6 Å². The summed E-state index contributed by atoms with van der Waals surface area (Å²) in [7, 11) is 2.17. The van der Waals surface area contributed by atoms with Crippen molar-refractivity contribution in [2.24, 2.45) is 5.73 Å². The fourth-order valence-electron chi connectivity index (χ4n) is 3.69. The smallest absolute Gasteiger partial charge is 0.0622 e. The predicted molar refractivity (Wildman–Crippen MR) is 86.8 cm³/mol. The Morgan fingerprint density at radius 1 is 1.38 bits per heavy atom. The van der Waals surface area contributed by atoms with E-state index in [1.807, 2.05) is 0 Å². The summed E-state index contributed by atoms with van der Waals surface area (Å²) in [6.07, 6.45) is 2.27. The van der Waals surface area contributed by atoms with Crippen LogP contribution in [0.15, 0.2) is 18.2 Å². The molecule has 0 aliphatic carbocycles. The van der Waals surface area contributed by atoms with Gasteiger partial charge in [-0.1, -0.05) is 19.1 Å². The van der Waals surface area contributed by atoms with E-state index < -0.39 is 0 Å². The molecule has 2 aliphatic heterocycles. The number of benzene rings is 1. The molecule has 4 nitrogen and oxygen atoms in total. The molecule has 0 bridgehead atoms. The first kappa shape index (κ1) is 14.8. The molecule has 1 fully saturated rings. The third-order valence-electron chi connectivity index (χ3n) is 4.98. The third-order valence-corrected chi connectivity index (χ3v) is 4.98. The fourth-order valence-corrected chi connectivity index (χ4v) is 3.69. The lowest BCUT2D eigenvalue weighted by atomic mass is 9.98. The molecule has 2 heterocycles. The Morgan fingerprint density at radius 2 is 2.24 bits per heavy atom. The van der Waals surface area contributed by atoms with Crippen molar-refractivity contribution < 1.29 is 4.74 Å². The summed E-state index contributed by atoms with van der Waals surface area (Å²) in [5, 5.41) is 0. The number of ether oxygens (including phenoxy) is 1. The van der Waals surface area contributed by atoms with E-state index in [1.54, 1.807) is 0 Å². The van der Waals surface area contributed by atoms with Gasteiger partial charge in [0.1, 0.15) is 0 Å². The van der Waals surface area contributed by atoms with Gasteiger partial charge in [0.2, 0.25) is 0 Å². The molecular weight excluding hydrogens is 262 g/mol. The summed E-state index contributed by atoms with van der Waals surface area (Å²) in [5.41, 5.74) is 10.3. The van der Waals surface area contributed by atoms with Crippen molar-refractivity contribution in [1.82, 2.24) is 4.90 Å². The molecule has 3 rings (SSSR count). The number of rotatable bonds is 4. The molecule has 21 heavy (non-hydrogen) atoms. The van der Waals surface area contributed by atoms with Gasteiger partial charge in [-0.15, -0.1) is 0 Å². The number of anilines is 1. The summed E-state index contributed by atoms with van der Waals surface area (Å²) in [6, 6.07) is 7.71. The predicted octanol–water partition coefficient (Wildman–Crippen LogP) is 1.79. The van der Waals surface area contributed by atoms with Gasteiger partial charge >= 0.3 is 0 Å². The summed E-state index contributed by atoms with van der Waals surface area (Å²) in [4.78, 5) is 4.88. The first-order valence-electron chi connectivity index (χ1n) is 8.12. The van der Waals surface area contributed by atoms with E-state index in [1.165, 1.54) is 16.8 Å². The van der Waals surface area contributed by atoms with Crippen molar-refractivity contribution in [3.63, 3.8) is 0 Å². The second-order valence-electron chi connectivity index (χ2n) is 6.19. The Bertz CT molecular complexity index is 491. The van der Waals surface area contributed by atoms with E-state index in [2.05, 4.69) is 42.0 Å². The largest absolute Gasteiger partial charge is 0.378 e. The average Bonchev–Trinajstić information content (AvgIpc) is 2.89. The van der Waals surface area contributed by atoms with Gasteiger partial charge in [0.25, 0.3) is 0 Å². The molecule has 4 heteroatoms. The molecular formula is C17H27N3O. The quantitative estimate of drug-likeness (QED) is 0.917. The van der Waals surface area contributed by atoms with Crippen LogP contribution in [0.1, 0.15) is 30.5 Å². The van der Waals surface area contributed by atoms with E-state index >= 15 is 0 Å². The van der Waals surface area contributed by atoms with Crippen molar-refractivity contribution in [2.45, 2.75) is 31.8 Å². The number of nitrogens with zero attached hydrogens (tertiary/aromatic N) is 2. The highest BCUT2D eigenvalue weighted by Gasteiger charge is 2.29. The molecule has 0 spiro atoms. The van der Waals surface area contributed by atoms with E-state index in [9.17, 15) is 0 Å².